The van der Waals surface area contributed by atoms with Gasteiger partial charge in [-0.15, -0.1) is 11.8 Å². The molecule has 0 aliphatic heterocycles. The molecule has 0 fully saturated rings. The number of benzene rings is 1. The molecular formula is C13H21NOS. The van der Waals surface area contributed by atoms with Crippen molar-refractivity contribution in [3.05, 3.63) is 23.8 Å². The summed E-state index contributed by atoms with van der Waals surface area (Å²) in [5.41, 5.74) is 7.86. The predicted molar refractivity (Wildman–Crippen MR) is 72.0 cm³/mol. The first kappa shape index (κ1) is 13.4. The minimum absolute atomic E-state index is 0.610. The van der Waals surface area contributed by atoms with Gasteiger partial charge in [0.2, 0.25) is 0 Å². The molecule has 0 spiro atoms. The Hall–Kier alpha value is -0.670. The Morgan fingerprint density at radius 1 is 1.38 bits per heavy atom. The molecule has 0 radical (unpaired) electrons. The zero-order valence-electron chi connectivity index (χ0n) is 10.3. The number of aryl methyl sites for hydroxylation is 1. The molecule has 1 aromatic rings. The van der Waals surface area contributed by atoms with Crippen molar-refractivity contribution in [3.63, 3.8) is 0 Å². The predicted octanol–water partition coefficient (Wildman–Crippen LogP) is 3.34. The smallest absolute Gasteiger partial charge is 0.0560 e. The van der Waals surface area contributed by atoms with Crippen molar-refractivity contribution in [2.24, 2.45) is 5.92 Å². The van der Waals surface area contributed by atoms with Crippen LogP contribution in [-0.4, -0.2) is 19.0 Å². The summed E-state index contributed by atoms with van der Waals surface area (Å²) in [6.07, 6.45) is 0. The fourth-order valence-corrected chi connectivity index (χ4v) is 2.24. The maximum atomic E-state index is 5.75. The van der Waals surface area contributed by atoms with Crippen LogP contribution in [0.15, 0.2) is 23.1 Å². The van der Waals surface area contributed by atoms with Gasteiger partial charge in [0, 0.05) is 22.9 Å². The highest BCUT2D eigenvalue weighted by atomic mass is 32.2. The van der Waals surface area contributed by atoms with Gasteiger partial charge in [-0.2, -0.15) is 0 Å². The van der Waals surface area contributed by atoms with Gasteiger partial charge in [0.1, 0.15) is 0 Å². The van der Waals surface area contributed by atoms with Gasteiger partial charge >= 0.3 is 0 Å². The molecule has 0 heterocycles. The lowest BCUT2D eigenvalue weighted by Crippen LogP contribution is -2.04. The molecule has 0 saturated carbocycles. The summed E-state index contributed by atoms with van der Waals surface area (Å²) < 4.78 is 5.53. The molecule has 0 aromatic heterocycles. The average Bonchev–Trinajstić information content (AvgIpc) is 2.22. The van der Waals surface area contributed by atoms with Crippen LogP contribution in [-0.2, 0) is 4.74 Å². The van der Waals surface area contributed by atoms with Crippen LogP contribution in [0.4, 0.5) is 5.69 Å². The first-order chi connectivity index (χ1) is 7.59. The van der Waals surface area contributed by atoms with Crippen LogP contribution in [0.25, 0.3) is 0 Å². The van der Waals surface area contributed by atoms with Crippen molar-refractivity contribution in [1.82, 2.24) is 0 Å². The number of hydrogen-bond acceptors (Lipinski definition) is 3. The molecule has 2 N–H and O–H groups in total. The van der Waals surface area contributed by atoms with Crippen molar-refractivity contribution < 1.29 is 4.74 Å². The van der Waals surface area contributed by atoms with Crippen molar-refractivity contribution in [3.8, 4) is 0 Å². The van der Waals surface area contributed by atoms with Gasteiger partial charge in [0.05, 0.1) is 6.61 Å². The Bertz CT molecular complexity index is 326. The quantitative estimate of drug-likeness (QED) is 0.470. The second kappa shape index (κ2) is 6.81. The first-order valence-electron chi connectivity index (χ1n) is 5.66. The summed E-state index contributed by atoms with van der Waals surface area (Å²) in [6.45, 7) is 8.08. The van der Waals surface area contributed by atoms with Crippen molar-refractivity contribution in [1.29, 1.82) is 0 Å². The van der Waals surface area contributed by atoms with E-state index in [0.29, 0.717) is 5.92 Å². The Kier molecular flexibility index (Phi) is 5.71. The lowest BCUT2D eigenvalue weighted by Gasteiger charge is -2.08. The SMILES string of the molecule is Cc1ccc(N)cc1SCCOCC(C)C. The maximum absolute atomic E-state index is 5.75. The average molecular weight is 239 g/mol. The first-order valence-corrected chi connectivity index (χ1v) is 6.65. The molecular weight excluding hydrogens is 218 g/mol. The second-order valence-corrected chi connectivity index (χ2v) is 5.48. The molecule has 16 heavy (non-hydrogen) atoms. The number of ether oxygens (including phenoxy) is 1. The summed E-state index contributed by atoms with van der Waals surface area (Å²) >= 11 is 1.81. The van der Waals surface area contributed by atoms with E-state index in [1.807, 2.05) is 23.9 Å². The van der Waals surface area contributed by atoms with Gasteiger partial charge in [-0.05, 0) is 30.5 Å². The van der Waals surface area contributed by atoms with Gasteiger partial charge in [-0.3, -0.25) is 0 Å². The molecule has 0 bridgehead atoms. The molecule has 0 unspecified atom stereocenters. The highest BCUT2D eigenvalue weighted by Gasteiger charge is 2.00. The van der Waals surface area contributed by atoms with E-state index in [1.165, 1.54) is 10.5 Å². The lowest BCUT2D eigenvalue weighted by atomic mass is 10.2. The van der Waals surface area contributed by atoms with E-state index in [-0.39, 0.29) is 0 Å². The molecule has 0 aliphatic carbocycles. The Morgan fingerprint density at radius 2 is 2.12 bits per heavy atom. The van der Waals surface area contributed by atoms with E-state index in [9.17, 15) is 0 Å². The number of nitrogen functional groups attached to an aromatic ring is 1. The Labute approximate surface area is 103 Å². The monoisotopic (exact) mass is 239 g/mol. The largest absolute Gasteiger partial charge is 0.399 e. The highest BCUT2D eigenvalue weighted by Crippen LogP contribution is 2.24. The fraction of sp³-hybridized carbons (Fsp3) is 0.538. The van der Waals surface area contributed by atoms with E-state index in [1.54, 1.807) is 0 Å². The molecule has 2 nitrogen and oxygen atoms in total. The van der Waals surface area contributed by atoms with Gasteiger partial charge in [0.15, 0.2) is 0 Å². The molecule has 90 valence electrons. The fourth-order valence-electron chi connectivity index (χ4n) is 1.30. The molecule has 0 atom stereocenters. The summed E-state index contributed by atoms with van der Waals surface area (Å²) in [6, 6.07) is 6.03. The topological polar surface area (TPSA) is 35.2 Å². The second-order valence-electron chi connectivity index (χ2n) is 4.34. The van der Waals surface area contributed by atoms with Gasteiger partial charge < -0.3 is 10.5 Å². The molecule has 0 aliphatic rings. The van der Waals surface area contributed by atoms with Crippen LogP contribution in [0.5, 0.6) is 0 Å². The van der Waals surface area contributed by atoms with Gasteiger partial charge in [-0.1, -0.05) is 19.9 Å². The maximum Gasteiger partial charge on any atom is 0.0560 e. The molecule has 0 saturated heterocycles. The Balaban J connectivity index is 2.29. The summed E-state index contributed by atoms with van der Waals surface area (Å²) in [7, 11) is 0. The number of rotatable bonds is 6. The van der Waals surface area contributed by atoms with E-state index in [2.05, 4.69) is 26.8 Å². The minimum Gasteiger partial charge on any atom is -0.399 e. The molecule has 3 heteroatoms. The summed E-state index contributed by atoms with van der Waals surface area (Å²) in [5.74, 6) is 1.59. The van der Waals surface area contributed by atoms with Gasteiger partial charge in [0.25, 0.3) is 0 Å². The standard InChI is InChI=1S/C13H21NOS/c1-10(2)9-15-6-7-16-13-8-12(14)5-4-11(13)3/h4-5,8,10H,6-7,9,14H2,1-3H3. The van der Waals surface area contributed by atoms with E-state index < -0.39 is 0 Å². The van der Waals surface area contributed by atoms with Crippen LogP contribution in [0.2, 0.25) is 0 Å². The number of thioether (sulfide) groups is 1. The zero-order chi connectivity index (χ0) is 12.0. The van der Waals surface area contributed by atoms with Crippen LogP contribution >= 0.6 is 11.8 Å². The van der Waals surface area contributed by atoms with Crippen molar-refractivity contribution in [2.45, 2.75) is 25.7 Å². The third-order valence-electron chi connectivity index (χ3n) is 2.15. The number of nitrogens with two attached hydrogens (primary N) is 1. The van der Waals surface area contributed by atoms with E-state index in [0.717, 1.165) is 24.7 Å². The molecule has 0 amide bonds. The van der Waals surface area contributed by atoms with Crippen molar-refractivity contribution in [2.75, 3.05) is 24.7 Å². The van der Waals surface area contributed by atoms with Crippen LogP contribution < -0.4 is 5.73 Å². The number of hydrogen-bond donors (Lipinski definition) is 1. The van der Waals surface area contributed by atoms with E-state index >= 15 is 0 Å². The highest BCUT2D eigenvalue weighted by molar-refractivity contribution is 7.99. The van der Waals surface area contributed by atoms with Crippen LogP contribution in [0, 0.1) is 12.8 Å². The van der Waals surface area contributed by atoms with Crippen LogP contribution in [0.1, 0.15) is 19.4 Å². The minimum atomic E-state index is 0.610. The normalized spacial score (nSPS) is 11.0. The third-order valence-corrected chi connectivity index (χ3v) is 3.27. The molecule has 1 aromatic carbocycles. The van der Waals surface area contributed by atoms with E-state index in [4.69, 9.17) is 10.5 Å². The third kappa shape index (κ3) is 4.90. The Morgan fingerprint density at radius 3 is 2.81 bits per heavy atom. The zero-order valence-corrected chi connectivity index (χ0v) is 11.1. The van der Waals surface area contributed by atoms with Crippen LogP contribution in [0.3, 0.4) is 0 Å². The molecule has 1 rings (SSSR count). The number of anilines is 1. The van der Waals surface area contributed by atoms with Crippen molar-refractivity contribution >= 4 is 17.4 Å². The lowest BCUT2D eigenvalue weighted by molar-refractivity contribution is 0.124. The summed E-state index contributed by atoms with van der Waals surface area (Å²) in [4.78, 5) is 1.26. The summed E-state index contributed by atoms with van der Waals surface area (Å²) in [5, 5.41) is 0. The van der Waals surface area contributed by atoms with Gasteiger partial charge in [-0.25, -0.2) is 0 Å².